The molecule has 0 unspecified atom stereocenters. The lowest BCUT2D eigenvalue weighted by Gasteiger charge is -2.15. The minimum absolute atomic E-state index is 0.0925. The molecule has 1 N–H and O–H groups in total. The summed E-state index contributed by atoms with van der Waals surface area (Å²) < 4.78 is 10.6. The lowest BCUT2D eigenvalue weighted by atomic mass is 10.1. The highest BCUT2D eigenvalue weighted by Crippen LogP contribution is 2.13. The van der Waals surface area contributed by atoms with Gasteiger partial charge in [-0.25, -0.2) is 0 Å². The van der Waals surface area contributed by atoms with Gasteiger partial charge < -0.3 is 14.6 Å². The van der Waals surface area contributed by atoms with Gasteiger partial charge in [0.1, 0.15) is 6.61 Å². The smallest absolute Gasteiger partial charge is 0.306 e. The van der Waals surface area contributed by atoms with Crippen molar-refractivity contribution in [2.75, 3.05) is 13.2 Å². The number of aliphatic hydroxyl groups is 1. The van der Waals surface area contributed by atoms with E-state index in [9.17, 15) is 14.7 Å². The van der Waals surface area contributed by atoms with E-state index in [1.54, 1.807) is 0 Å². The van der Waals surface area contributed by atoms with Gasteiger partial charge in [-0.2, -0.15) is 0 Å². The van der Waals surface area contributed by atoms with Crippen molar-refractivity contribution in [1.82, 2.24) is 0 Å². The number of allylic oxidation sites excluding steroid dienone is 12. The first-order valence-corrected chi connectivity index (χ1v) is 20.5. The molecule has 5 nitrogen and oxygen atoms in total. The average molecular weight is 697 g/mol. The Morgan fingerprint density at radius 3 is 1.38 bits per heavy atom. The number of carbonyl (C=O) groups excluding carboxylic acids is 2. The van der Waals surface area contributed by atoms with E-state index >= 15 is 0 Å². The van der Waals surface area contributed by atoms with Crippen molar-refractivity contribution in [3.63, 3.8) is 0 Å². The molecule has 0 fully saturated rings. The first-order chi connectivity index (χ1) is 24.6. The number of aliphatic hydroxyl groups excluding tert-OH is 1. The van der Waals surface area contributed by atoms with Crippen molar-refractivity contribution in [3.8, 4) is 0 Å². The molecule has 0 aromatic rings. The van der Waals surface area contributed by atoms with Gasteiger partial charge in [-0.15, -0.1) is 0 Å². The predicted octanol–water partition coefficient (Wildman–Crippen LogP) is 13.0. The normalized spacial score (nSPS) is 12.9. The summed E-state index contributed by atoms with van der Waals surface area (Å²) in [5.74, 6) is -0.665. The Hall–Kier alpha value is -2.66. The van der Waals surface area contributed by atoms with Gasteiger partial charge in [-0.3, -0.25) is 9.59 Å². The quantitative estimate of drug-likeness (QED) is 0.0401. The second-order valence-corrected chi connectivity index (χ2v) is 13.3. The number of hydrogen-bond donors (Lipinski definition) is 1. The summed E-state index contributed by atoms with van der Waals surface area (Å²) in [6.07, 6.45) is 54.0. The maximum absolute atomic E-state index is 12.2. The minimum atomic E-state index is -0.804. The highest BCUT2D eigenvalue weighted by Gasteiger charge is 2.15. The third-order valence-electron chi connectivity index (χ3n) is 8.48. The Labute approximate surface area is 308 Å². The van der Waals surface area contributed by atoms with Crippen LogP contribution in [0.5, 0.6) is 0 Å². The molecule has 0 aliphatic carbocycles. The van der Waals surface area contributed by atoms with Gasteiger partial charge in [0.2, 0.25) is 0 Å². The van der Waals surface area contributed by atoms with Gasteiger partial charge in [0, 0.05) is 12.8 Å². The fourth-order valence-corrected chi connectivity index (χ4v) is 5.41. The van der Waals surface area contributed by atoms with Crippen LogP contribution < -0.4 is 0 Å². The topological polar surface area (TPSA) is 72.8 Å². The Kier molecular flexibility index (Phi) is 38.6. The highest BCUT2D eigenvalue weighted by molar-refractivity contribution is 5.70. The molecule has 286 valence electrons. The Morgan fingerprint density at radius 2 is 0.880 bits per heavy atom. The molecule has 5 heteroatoms. The van der Waals surface area contributed by atoms with E-state index in [0.717, 1.165) is 57.8 Å². The lowest BCUT2D eigenvalue weighted by Crippen LogP contribution is -2.28. The van der Waals surface area contributed by atoms with Crippen LogP contribution in [0.2, 0.25) is 0 Å². The van der Waals surface area contributed by atoms with Crippen molar-refractivity contribution in [1.29, 1.82) is 0 Å². The molecule has 0 saturated heterocycles. The van der Waals surface area contributed by atoms with Crippen LogP contribution in [0.25, 0.3) is 0 Å². The van der Waals surface area contributed by atoms with Crippen molar-refractivity contribution >= 4 is 11.9 Å². The van der Waals surface area contributed by atoms with Crippen LogP contribution in [-0.4, -0.2) is 36.4 Å². The van der Waals surface area contributed by atoms with Gasteiger partial charge in [0.05, 0.1) is 6.61 Å². The maximum atomic E-state index is 12.2. The molecule has 0 aromatic carbocycles. The zero-order valence-corrected chi connectivity index (χ0v) is 32.4. The summed E-state index contributed by atoms with van der Waals surface area (Å²) in [6, 6.07) is 0. The Morgan fingerprint density at radius 1 is 0.480 bits per heavy atom. The van der Waals surface area contributed by atoms with Crippen LogP contribution in [0.3, 0.4) is 0 Å². The molecule has 0 aromatic heterocycles. The number of carbonyl (C=O) groups is 2. The lowest BCUT2D eigenvalue weighted by molar-refractivity contribution is -0.161. The summed E-state index contributed by atoms with van der Waals surface area (Å²) in [5, 5.41) is 9.55. The number of unbranched alkanes of at least 4 members (excludes halogenated alkanes) is 16. The van der Waals surface area contributed by atoms with Crippen LogP contribution in [0.15, 0.2) is 72.9 Å². The van der Waals surface area contributed by atoms with Crippen LogP contribution in [0.1, 0.15) is 181 Å². The average Bonchev–Trinajstić information content (AvgIpc) is 3.12. The van der Waals surface area contributed by atoms with E-state index in [2.05, 4.69) is 86.8 Å². The second-order valence-electron chi connectivity index (χ2n) is 13.3. The SMILES string of the molecule is CCC=CCC=CCC=CCC=CCC=CCCCC(=O)O[C@@H](CO)COC(=O)CCCCCCCCCCCC=CCCCCCCCC. The fraction of sp³-hybridized carbons (Fsp3) is 0.689. The van der Waals surface area contributed by atoms with Crippen LogP contribution >= 0.6 is 0 Å². The first kappa shape index (κ1) is 47.3. The Bertz CT molecular complexity index is 926. The molecule has 0 radical (unpaired) electrons. The number of hydrogen-bond acceptors (Lipinski definition) is 5. The number of esters is 2. The largest absolute Gasteiger partial charge is 0.462 e. The van der Waals surface area contributed by atoms with Gasteiger partial charge in [0.15, 0.2) is 6.10 Å². The van der Waals surface area contributed by atoms with E-state index in [1.807, 2.05) is 0 Å². The standard InChI is InChI=1S/C45H76O5/c1-3-5-7-9-11-13-15-17-19-21-22-24-25-27-29-31-33-35-37-39-44(47)49-42-43(41-46)50-45(48)40-38-36-34-32-30-28-26-23-20-18-16-14-12-10-8-6-4-2/h6,8,12,14,17-20,26,28,32,34,43,46H,3-5,7,9-11,13,15-16,21-25,27,29-31,33,35-42H2,1-2H3/t43-/m0/s1. The summed E-state index contributed by atoms with van der Waals surface area (Å²) in [4.78, 5) is 24.3. The van der Waals surface area contributed by atoms with Crippen LogP contribution in [0, 0.1) is 0 Å². The first-order valence-electron chi connectivity index (χ1n) is 20.5. The summed E-state index contributed by atoms with van der Waals surface area (Å²) >= 11 is 0. The molecular formula is C45H76O5. The van der Waals surface area contributed by atoms with Gasteiger partial charge in [-0.1, -0.05) is 164 Å². The number of rotatable bonds is 36. The molecule has 50 heavy (non-hydrogen) atoms. The van der Waals surface area contributed by atoms with Gasteiger partial charge in [0.25, 0.3) is 0 Å². The van der Waals surface area contributed by atoms with Gasteiger partial charge in [-0.05, 0) is 77.0 Å². The third kappa shape index (κ3) is 38.1. The monoisotopic (exact) mass is 697 g/mol. The highest BCUT2D eigenvalue weighted by atomic mass is 16.6. The molecule has 0 rings (SSSR count). The maximum Gasteiger partial charge on any atom is 0.306 e. The van der Waals surface area contributed by atoms with Gasteiger partial charge >= 0.3 is 11.9 Å². The minimum Gasteiger partial charge on any atom is -0.462 e. The molecule has 0 saturated carbocycles. The molecule has 0 spiro atoms. The summed E-state index contributed by atoms with van der Waals surface area (Å²) in [7, 11) is 0. The fourth-order valence-electron chi connectivity index (χ4n) is 5.41. The molecule has 0 aliphatic heterocycles. The Balaban J connectivity index is 3.65. The molecule has 1 atom stereocenters. The van der Waals surface area contributed by atoms with E-state index in [4.69, 9.17) is 9.47 Å². The summed E-state index contributed by atoms with van der Waals surface area (Å²) in [5.41, 5.74) is 0. The molecule has 0 bridgehead atoms. The molecular weight excluding hydrogens is 620 g/mol. The van der Waals surface area contributed by atoms with E-state index < -0.39 is 6.10 Å². The molecule has 0 aliphatic rings. The predicted molar refractivity (Wildman–Crippen MR) is 214 cm³/mol. The summed E-state index contributed by atoms with van der Waals surface area (Å²) in [6.45, 7) is 3.96. The van der Waals surface area contributed by atoms with E-state index in [-0.39, 0.29) is 31.6 Å². The van der Waals surface area contributed by atoms with E-state index in [1.165, 1.54) is 89.9 Å². The van der Waals surface area contributed by atoms with Crippen LogP contribution in [-0.2, 0) is 19.1 Å². The van der Waals surface area contributed by atoms with Crippen molar-refractivity contribution in [3.05, 3.63) is 72.9 Å². The van der Waals surface area contributed by atoms with Crippen molar-refractivity contribution < 1.29 is 24.2 Å². The van der Waals surface area contributed by atoms with Crippen LogP contribution in [0.4, 0.5) is 0 Å². The zero-order valence-electron chi connectivity index (χ0n) is 32.4. The third-order valence-corrected chi connectivity index (χ3v) is 8.48. The molecule has 0 amide bonds. The van der Waals surface area contributed by atoms with Crippen molar-refractivity contribution in [2.45, 2.75) is 187 Å². The van der Waals surface area contributed by atoms with E-state index in [0.29, 0.717) is 12.8 Å². The molecule has 0 heterocycles. The van der Waals surface area contributed by atoms with Crippen molar-refractivity contribution in [2.24, 2.45) is 0 Å². The zero-order chi connectivity index (χ0) is 36.4. The number of ether oxygens (including phenoxy) is 2. The second kappa shape index (κ2) is 40.8.